The summed E-state index contributed by atoms with van der Waals surface area (Å²) < 4.78 is 5.57. The number of aryl methyl sites for hydroxylation is 2. The van der Waals surface area contributed by atoms with Crippen molar-refractivity contribution in [2.24, 2.45) is 0 Å². The molecule has 0 bridgehead atoms. The first-order chi connectivity index (χ1) is 13.0. The summed E-state index contributed by atoms with van der Waals surface area (Å²) >= 11 is 0. The number of nitrogens with zero attached hydrogens (tertiary/aromatic N) is 2. The normalized spacial score (nSPS) is 15.9. The Kier molecular flexibility index (Phi) is 4.03. The fraction of sp³-hybridized carbons (Fsp3) is 0.190. The summed E-state index contributed by atoms with van der Waals surface area (Å²) in [7, 11) is 0. The van der Waals surface area contributed by atoms with Crippen LogP contribution in [-0.2, 0) is 16.9 Å². The molecule has 1 N–H and O–H groups in total. The lowest BCUT2D eigenvalue weighted by Gasteiger charge is -2.27. The zero-order valence-corrected chi connectivity index (χ0v) is 15.1. The molecule has 0 unspecified atom stereocenters. The van der Waals surface area contributed by atoms with E-state index in [0.29, 0.717) is 22.8 Å². The first-order valence-electron chi connectivity index (χ1n) is 8.70. The predicted octanol–water partition coefficient (Wildman–Crippen LogP) is 3.29. The molecular weight excluding hydrogens is 342 g/mol. The van der Waals surface area contributed by atoms with E-state index in [1.54, 1.807) is 6.92 Å². The third-order valence-electron chi connectivity index (χ3n) is 4.89. The van der Waals surface area contributed by atoms with Gasteiger partial charge in [0.25, 0.3) is 5.91 Å². The van der Waals surface area contributed by atoms with Gasteiger partial charge in [-0.3, -0.25) is 9.69 Å². The zero-order chi connectivity index (χ0) is 19.0. The lowest BCUT2D eigenvalue weighted by atomic mass is 9.82. The van der Waals surface area contributed by atoms with Crippen LogP contribution in [0.2, 0.25) is 0 Å². The molecule has 0 atom stereocenters. The van der Waals surface area contributed by atoms with Gasteiger partial charge < -0.3 is 9.73 Å². The molecule has 136 valence electrons. The SMILES string of the molecule is Cc1nc(CN2C(=O)NC(c3ccccc3)(c3ccccc3)C2=O)oc1C. The Balaban J connectivity index is 1.79. The number of aromatic nitrogens is 1. The molecule has 3 amide bonds. The molecule has 1 aliphatic heterocycles. The molecule has 2 heterocycles. The maximum atomic E-state index is 13.5. The number of urea groups is 1. The number of rotatable bonds is 4. The maximum absolute atomic E-state index is 13.5. The molecule has 6 nitrogen and oxygen atoms in total. The average Bonchev–Trinajstić information content (AvgIpc) is 3.14. The van der Waals surface area contributed by atoms with Gasteiger partial charge in [0.05, 0.1) is 5.69 Å². The smallest absolute Gasteiger partial charge is 0.326 e. The summed E-state index contributed by atoms with van der Waals surface area (Å²) in [6, 6.07) is 18.0. The van der Waals surface area contributed by atoms with Crippen molar-refractivity contribution in [1.82, 2.24) is 15.2 Å². The van der Waals surface area contributed by atoms with E-state index in [9.17, 15) is 9.59 Å². The van der Waals surface area contributed by atoms with Gasteiger partial charge in [0.2, 0.25) is 5.89 Å². The van der Waals surface area contributed by atoms with E-state index in [0.717, 1.165) is 10.6 Å². The Morgan fingerprint density at radius 2 is 1.52 bits per heavy atom. The van der Waals surface area contributed by atoms with Crippen LogP contribution >= 0.6 is 0 Å². The second-order valence-electron chi connectivity index (χ2n) is 6.55. The Morgan fingerprint density at radius 3 is 2.00 bits per heavy atom. The number of benzene rings is 2. The Morgan fingerprint density at radius 1 is 0.963 bits per heavy atom. The number of hydrogen-bond donors (Lipinski definition) is 1. The second-order valence-corrected chi connectivity index (χ2v) is 6.55. The molecule has 1 aliphatic rings. The minimum Gasteiger partial charge on any atom is -0.444 e. The van der Waals surface area contributed by atoms with Crippen LogP contribution in [0.1, 0.15) is 28.5 Å². The zero-order valence-electron chi connectivity index (χ0n) is 15.1. The molecule has 6 heteroatoms. The Hall–Kier alpha value is -3.41. The summed E-state index contributed by atoms with van der Waals surface area (Å²) in [6.45, 7) is 3.61. The molecular formula is C21H19N3O3. The minimum absolute atomic E-state index is 0.0131. The van der Waals surface area contributed by atoms with Crippen molar-refractivity contribution in [3.8, 4) is 0 Å². The van der Waals surface area contributed by atoms with Gasteiger partial charge in [-0.1, -0.05) is 60.7 Å². The van der Waals surface area contributed by atoms with Crippen LogP contribution in [0.3, 0.4) is 0 Å². The topological polar surface area (TPSA) is 75.4 Å². The van der Waals surface area contributed by atoms with Crippen LogP contribution in [-0.4, -0.2) is 21.8 Å². The minimum atomic E-state index is -1.27. The van der Waals surface area contributed by atoms with E-state index in [-0.39, 0.29) is 12.5 Å². The Bertz CT molecular complexity index is 937. The highest BCUT2D eigenvalue weighted by Crippen LogP contribution is 2.36. The summed E-state index contributed by atoms with van der Waals surface area (Å²) in [5.74, 6) is 0.665. The monoisotopic (exact) mass is 361 g/mol. The van der Waals surface area contributed by atoms with Crippen molar-refractivity contribution >= 4 is 11.9 Å². The number of amides is 3. The maximum Gasteiger partial charge on any atom is 0.326 e. The molecule has 2 aromatic carbocycles. The van der Waals surface area contributed by atoms with Gasteiger partial charge in [0, 0.05) is 0 Å². The van der Waals surface area contributed by atoms with Crippen LogP contribution in [0.15, 0.2) is 65.1 Å². The van der Waals surface area contributed by atoms with Gasteiger partial charge in [0.1, 0.15) is 12.3 Å². The van der Waals surface area contributed by atoms with Gasteiger partial charge in [-0.25, -0.2) is 9.78 Å². The van der Waals surface area contributed by atoms with Crippen molar-refractivity contribution in [3.05, 3.63) is 89.1 Å². The molecule has 4 rings (SSSR count). The van der Waals surface area contributed by atoms with Crippen LogP contribution in [0.25, 0.3) is 0 Å². The van der Waals surface area contributed by atoms with Crippen molar-refractivity contribution in [3.63, 3.8) is 0 Å². The van der Waals surface area contributed by atoms with Crippen molar-refractivity contribution < 1.29 is 14.0 Å². The molecule has 1 aromatic heterocycles. The summed E-state index contributed by atoms with van der Waals surface area (Å²) in [4.78, 5) is 31.7. The molecule has 0 radical (unpaired) electrons. The van der Waals surface area contributed by atoms with Gasteiger partial charge in [0.15, 0.2) is 5.54 Å². The number of hydrogen-bond acceptors (Lipinski definition) is 4. The highest BCUT2D eigenvalue weighted by atomic mass is 16.4. The summed E-state index contributed by atoms with van der Waals surface area (Å²) in [6.07, 6.45) is 0. The standard InChI is InChI=1S/C21H19N3O3/c1-14-15(2)27-18(22-14)13-24-19(25)21(23-20(24)26,16-9-5-3-6-10-16)17-11-7-4-8-12-17/h3-12H,13H2,1-2H3,(H,23,26). The fourth-order valence-corrected chi connectivity index (χ4v) is 3.40. The van der Waals surface area contributed by atoms with Crippen LogP contribution in [0.4, 0.5) is 4.79 Å². The number of carbonyl (C=O) groups excluding carboxylic acids is 2. The van der Waals surface area contributed by atoms with Gasteiger partial charge in [-0.15, -0.1) is 0 Å². The van der Waals surface area contributed by atoms with Crippen LogP contribution in [0.5, 0.6) is 0 Å². The van der Waals surface area contributed by atoms with E-state index < -0.39 is 11.6 Å². The molecule has 1 fully saturated rings. The molecule has 3 aromatic rings. The lowest BCUT2D eigenvalue weighted by Crippen LogP contribution is -2.45. The van der Waals surface area contributed by atoms with Crippen LogP contribution < -0.4 is 5.32 Å². The highest BCUT2D eigenvalue weighted by Gasteiger charge is 2.53. The molecule has 0 spiro atoms. The van der Waals surface area contributed by atoms with Gasteiger partial charge in [-0.05, 0) is 25.0 Å². The van der Waals surface area contributed by atoms with Gasteiger partial charge in [-0.2, -0.15) is 0 Å². The predicted molar refractivity (Wildman–Crippen MR) is 98.7 cm³/mol. The van der Waals surface area contributed by atoms with E-state index in [2.05, 4.69) is 10.3 Å². The Labute approximate surface area is 156 Å². The summed E-state index contributed by atoms with van der Waals surface area (Å²) in [5.41, 5.74) is 0.888. The molecule has 27 heavy (non-hydrogen) atoms. The number of nitrogens with one attached hydrogen (secondary N) is 1. The lowest BCUT2D eigenvalue weighted by molar-refractivity contribution is -0.130. The van der Waals surface area contributed by atoms with Crippen molar-refractivity contribution in [2.45, 2.75) is 25.9 Å². The molecule has 1 saturated heterocycles. The van der Waals surface area contributed by atoms with E-state index >= 15 is 0 Å². The van der Waals surface area contributed by atoms with Crippen molar-refractivity contribution in [2.75, 3.05) is 0 Å². The first-order valence-corrected chi connectivity index (χ1v) is 8.70. The average molecular weight is 361 g/mol. The number of carbonyl (C=O) groups is 2. The van der Waals surface area contributed by atoms with Crippen molar-refractivity contribution in [1.29, 1.82) is 0 Å². The van der Waals surface area contributed by atoms with Gasteiger partial charge >= 0.3 is 6.03 Å². The number of oxazole rings is 1. The molecule has 0 aliphatic carbocycles. The van der Waals surface area contributed by atoms with E-state index in [1.807, 2.05) is 67.6 Å². The summed E-state index contributed by atoms with van der Waals surface area (Å²) in [5, 5.41) is 2.91. The van der Waals surface area contributed by atoms with Crippen LogP contribution in [0, 0.1) is 13.8 Å². The second kappa shape index (κ2) is 6.39. The molecule has 0 saturated carbocycles. The van der Waals surface area contributed by atoms with E-state index in [1.165, 1.54) is 0 Å². The number of imide groups is 1. The third-order valence-corrected chi connectivity index (χ3v) is 4.89. The third kappa shape index (κ3) is 2.70. The van der Waals surface area contributed by atoms with E-state index in [4.69, 9.17) is 4.42 Å². The first kappa shape index (κ1) is 17.0. The fourth-order valence-electron chi connectivity index (χ4n) is 3.40. The quantitative estimate of drug-likeness (QED) is 0.724. The largest absolute Gasteiger partial charge is 0.444 e. The highest BCUT2D eigenvalue weighted by molar-refractivity contribution is 6.09.